The van der Waals surface area contributed by atoms with Crippen LogP contribution < -0.4 is 14.8 Å². The molecule has 190 valence electrons. The topological polar surface area (TPSA) is 89.7 Å². The van der Waals surface area contributed by atoms with Gasteiger partial charge >= 0.3 is 0 Å². The van der Waals surface area contributed by atoms with Crippen molar-refractivity contribution in [2.45, 2.75) is 51.3 Å². The predicted molar refractivity (Wildman–Crippen MR) is 136 cm³/mol. The quantitative estimate of drug-likeness (QED) is 0.497. The molecule has 0 radical (unpaired) electrons. The van der Waals surface area contributed by atoms with E-state index >= 15 is 0 Å². The molecule has 3 aromatic rings. The van der Waals surface area contributed by atoms with E-state index in [1.807, 2.05) is 56.3 Å². The lowest BCUT2D eigenvalue weighted by molar-refractivity contribution is -0.127. The SMILES string of the molecule is COc1ccc2c(c1)C(NC(=O)C1CCN(Cc3nc(-c4cccc(Cl)c4)no3)CC1)CC(C)(C)O2. The maximum Gasteiger partial charge on any atom is 0.241 e. The molecule has 1 amide bonds. The fourth-order valence-electron chi connectivity index (χ4n) is 4.99. The third-order valence-corrected chi connectivity index (χ3v) is 7.09. The zero-order chi connectivity index (χ0) is 25.3. The zero-order valence-corrected chi connectivity index (χ0v) is 21.5. The first-order chi connectivity index (χ1) is 17.3. The van der Waals surface area contributed by atoms with Crippen molar-refractivity contribution in [3.63, 3.8) is 0 Å². The average molecular weight is 511 g/mol. The fraction of sp³-hybridized carbons (Fsp3) is 0.444. The van der Waals surface area contributed by atoms with Gasteiger partial charge in [0.25, 0.3) is 0 Å². The minimum atomic E-state index is -0.364. The number of amides is 1. The molecule has 36 heavy (non-hydrogen) atoms. The summed E-state index contributed by atoms with van der Waals surface area (Å²) in [6.45, 7) is 6.23. The molecule has 1 N–H and O–H groups in total. The first kappa shape index (κ1) is 24.6. The van der Waals surface area contributed by atoms with Crippen LogP contribution >= 0.6 is 11.6 Å². The molecule has 1 unspecified atom stereocenters. The summed E-state index contributed by atoms with van der Waals surface area (Å²) in [5, 5.41) is 8.02. The summed E-state index contributed by atoms with van der Waals surface area (Å²) in [5.74, 6) is 2.69. The number of likely N-dealkylation sites (tertiary alicyclic amines) is 1. The molecule has 1 aromatic heterocycles. The molecule has 2 aliphatic rings. The van der Waals surface area contributed by atoms with Crippen LogP contribution in [-0.2, 0) is 11.3 Å². The zero-order valence-electron chi connectivity index (χ0n) is 20.8. The van der Waals surface area contributed by atoms with E-state index in [1.165, 1.54) is 0 Å². The molecule has 1 saturated heterocycles. The molecule has 8 nitrogen and oxygen atoms in total. The maximum atomic E-state index is 13.2. The first-order valence-corrected chi connectivity index (χ1v) is 12.7. The Morgan fingerprint density at radius 3 is 2.78 bits per heavy atom. The number of aromatic nitrogens is 2. The van der Waals surface area contributed by atoms with Crippen LogP contribution in [0.2, 0.25) is 5.02 Å². The lowest BCUT2D eigenvalue weighted by Gasteiger charge is -2.39. The van der Waals surface area contributed by atoms with E-state index in [0.717, 1.165) is 48.6 Å². The van der Waals surface area contributed by atoms with Gasteiger partial charge in [-0.2, -0.15) is 4.98 Å². The number of ether oxygens (including phenoxy) is 2. The highest BCUT2D eigenvalue weighted by Gasteiger charge is 2.36. The molecule has 9 heteroatoms. The van der Waals surface area contributed by atoms with Crippen molar-refractivity contribution in [1.29, 1.82) is 0 Å². The molecule has 2 aliphatic heterocycles. The van der Waals surface area contributed by atoms with Gasteiger partial charge in [0, 0.05) is 28.5 Å². The standard InChI is InChI=1S/C27H31ClN4O4/c1-27(2)15-22(21-14-20(34-3)7-8-23(21)35-27)29-26(33)17-9-11-32(12-10-17)16-24-30-25(31-36-24)18-5-4-6-19(28)13-18/h4-8,13-14,17,22H,9-12,15-16H2,1-3H3,(H,29,33). The molecule has 2 aromatic carbocycles. The van der Waals surface area contributed by atoms with Crippen molar-refractivity contribution in [3.8, 4) is 22.9 Å². The average Bonchev–Trinajstić information content (AvgIpc) is 3.32. The Bertz CT molecular complexity index is 1240. The largest absolute Gasteiger partial charge is 0.497 e. The molecular formula is C27H31ClN4O4. The maximum absolute atomic E-state index is 13.2. The normalized spacial score (nSPS) is 19.8. The van der Waals surface area contributed by atoms with Gasteiger partial charge in [-0.3, -0.25) is 9.69 Å². The number of nitrogens with one attached hydrogen (secondary N) is 1. The van der Waals surface area contributed by atoms with Gasteiger partial charge in [-0.15, -0.1) is 0 Å². The summed E-state index contributed by atoms with van der Waals surface area (Å²) in [6.07, 6.45) is 2.25. The highest BCUT2D eigenvalue weighted by atomic mass is 35.5. The third kappa shape index (κ3) is 5.50. The molecule has 1 atom stereocenters. The van der Waals surface area contributed by atoms with Crippen LogP contribution in [0.15, 0.2) is 47.0 Å². The second-order valence-electron chi connectivity index (χ2n) is 10.1. The highest BCUT2D eigenvalue weighted by Crippen LogP contribution is 2.41. The van der Waals surface area contributed by atoms with Crippen LogP contribution in [0, 0.1) is 5.92 Å². The number of carbonyl (C=O) groups is 1. The number of benzene rings is 2. The third-order valence-electron chi connectivity index (χ3n) is 6.86. The Morgan fingerprint density at radius 2 is 2.03 bits per heavy atom. The van der Waals surface area contributed by atoms with Crippen LogP contribution in [0.3, 0.4) is 0 Å². The molecule has 0 bridgehead atoms. The van der Waals surface area contributed by atoms with Crippen molar-refractivity contribution in [2.75, 3.05) is 20.2 Å². The number of piperidine rings is 1. The summed E-state index contributed by atoms with van der Waals surface area (Å²) >= 11 is 6.07. The van der Waals surface area contributed by atoms with E-state index in [1.54, 1.807) is 7.11 Å². The Balaban J connectivity index is 1.18. The van der Waals surface area contributed by atoms with Crippen LogP contribution in [0.5, 0.6) is 11.5 Å². The lowest BCUT2D eigenvalue weighted by Crippen LogP contribution is -2.45. The van der Waals surface area contributed by atoms with E-state index in [2.05, 4.69) is 20.4 Å². The van der Waals surface area contributed by atoms with Crippen molar-refractivity contribution < 1.29 is 18.8 Å². The number of carbonyl (C=O) groups excluding carboxylic acids is 1. The van der Waals surface area contributed by atoms with Gasteiger partial charge in [0.05, 0.1) is 19.7 Å². The van der Waals surface area contributed by atoms with E-state index in [9.17, 15) is 4.79 Å². The second-order valence-corrected chi connectivity index (χ2v) is 10.5. The van der Waals surface area contributed by atoms with E-state index in [4.69, 9.17) is 25.6 Å². The van der Waals surface area contributed by atoms with Gasteiger partial charge in [0.15, 0.2) is 0 Å². The van der Waals surface area contributed by atoms with Gasteiger partial charge in [-0.1, -0.05) is 28.9 Å². The summed E-state index contributed by atoms with van der Waals surface area (Å²) in [7, 11) is 1.64. The van der Waals surface area contributed by atoms with Gasteiger partial charge in [-0.05, 0) is 70.1 Å². The number of halogens is 1. The summed E-state index contributed by atoms with van der Waals surface area (Å²) in [6, 6.07) is 13.0. The van der Waals surface area contributed by atoms with Crippen molar-refractivity contribution in [1.82, 2.24) is 20.4 Å². The molecule has 0 saturated carbocycles. The summed E-state index contributed by atoms with van der Waals surface area (Å²) in [5.41, 5.74) is 1.42. The van der Waals surface area contributed by atoms with Crippen molar-refractivity contribution >= 4 is 17.5 Å². The number of fused-ring (bicyclic) bond motifs is 1. The molecule has 0 spiro atoms. The molecule has 1 fully saturated rings. The monoisotopic (exact) mass is 510 g/mol. The molecule has 5 rings (SSSR count). The van der Waals surface area contributed by atoms with E-state index < -0.39 is 0 Å². The van der Waals surface area contributed by atoms with Crippen molar-refractivity contribution in [3.05, 3.63) is 58.9 Å². The first-order valence-electron chi connectivity index (χ1n) is 12.3. The minimum Gasteiger partial charge on any atom is -0.497 e. The van der Waals surface area contributed by atoms with Gasteiger partial charge < -0.3 is 19.3 Å². The van der Waals surface area contributed by atoms with Crippen LogP contribution in [-0.4, -0.2) is 46.7 Å². The number of hydrogen-bond donors (Lipinski definition) is 1. The van der Waals surface area contributed by atoms with Gasteiger partial charge in [-0.25, -0.2) is 0 Å². The lowest BCUT2D eigenvalue weighted by atomic mass is 9.88. The van der Waals surface area contributed by atoms with Gasteiger partial charge in [0.1, 0.15) is 17.1 Å². The number of rotatable bonds is 6. The van der Waals surface area contributed by atoms with Gasteiger partial charge in [0.2, 0.25) is 17.6 Å². The van der Waals surface area contributed by atoms with Crippen molar-refractivity contribution in [2.24, 2.45) is 5.92 Å². The smallest absolute Gasteiger partial charge is 0.241 e. The molecule has 0 aliphatic carbocycles. The Kier molecular flexibility index (Phi) is 6.90. The number of methoxy groups -OCH3 is 1. The van der Waals surface area contributed by atoms with E-state index in [0.29, 0.717) is 29.7 Å². The summed E-state index contributed by atoms with van der Waals surface area (Å²) in [4.78, 5) is 20.0. The Morgan fingerprint density at radius 1 is 1.22 bits per heavy atom. The van der Waals surface area contributed by atoms with Crippen LogP contribution in [0.25, 0.3) is 11.4 Å². The Hall–Kier alpha value is -3.10. The molecular weight excluding hydrogens is 480 g/mol. The minimum absolute atomic E-state index is 0.0361. The molecule has 3 heterocycles. The Labute approximate surface area is 215 Å². The number of nitrogens with zero attached hydrogens (tertiary/aromatic N) is 3. The highest BCUT2D eigenvalue weighted by molar-refractivity contribution is 6.30. The summed E-state index contributed by atoms with van der Waals surface area (Å²) < 4.78 is 17.0. The number of hydrogen-bond acceptors (Lipinski definition) is 7. The second kappa shape index (κ2) is 10.1. The van der Waals surface area contributed by atoms with Crippen LogP contribution in [0.1, 0.15) is 50.6 Å². The van der Waals surface area contributed by atoms with E-state index in [-0.39, 0.29) is 23.5 Å². The fourth-order valence-corrected chi connectivity index (χ4v) is 5.18. The predicted octanol–water partition coefficient (Wildman–Crippen LogP) is 5.03. The van der Waals surface area contributed by atoms with Crippen LogP contribution in [0.4, 0.5) is 0 Å².